The number of ether oxygens (including phenoxy) is 1. The summed E-state index contributed by atoms with van der Waals surface area (Å²) in [7, 11) is 0. The second-order valence-corrected chi connectivity index (χ2v) is 8.96. The monoisotopic (exact) mass is 324 g/mol. The minimum absolute atomic E-state index is 0.155. The van der Waals surface area contributed by atoms with Crippen molar-refractivity contribution in [2.75, 3.05) is 13.1 Å². The van der Waals surface area contributed by atoms with Crippen LogP contribution in [0, 0.1) is 17.8 Å². The number of likely N-dealkylation sites (tertiary alicyclic amines) is 1. The highest BCUT2D eigenvalue weighted by molar-refractivity contribution is 5.68. The highest BCUT2D eigenvalue weighted by atomic mass is 16.6. The summed E-state index contributed by atoms with van der Waals surface area (Å²) in [4.78, 5) is 14.2. The molecule has 0 aromatic carbocycles. The third-order valence-electron chi connectivity index (χ3n) is 5.43. The lowest BCUT2D eigenvalue weighted by Crippen LogP contribution is -2.52. The molecular formula is C19H36N2O2. The maximum atomic E-state index is 12.3. The molecular weight excluding hydrogens is 288 g/mol. The molecule has 1 saturated carbocycles. The Morgan fingerprint density at radius 1 is 1.17 bits per heavy atom. The van der Waals surface area contributed by atoms with Gasteiger partial charge in [-0.1, -0.05) is 13.8 Å². The van der Waals surface area contributed by atoms with E-state index in [4.69, 9.17) is 4.74 Å². The Morgan fingerprint density at radius 3 is 2.39 bits per heavy atom. The summed E-state index contributed by atoms with van der Waals surface area (Å²) >= 11 is 0. The van der Waals surface area contributed by atoms with E-state index >= 15 is 0 Å². The van der Waals surface area contributed by atoms with Gasteiger partial charge in [0.25, 0.3) is 0 Å². The van der Waals surface area contributed by atoms with Crippen molar-refractivity contribution in [2.24, 2.45) is 17.8 Å². The lowest BCUT2D eigenvalue weighted by Gasteiger charge is -2.43. The van der Waals surface area contributed by atoms with E-state index in [2.05, 4.69) is 26.1 Å². The SMILES string of the molecule is CC(C)C1CC(NC(C)C2CCCN(C(=O)OC(C)(C)C)C2)C1. The number of hydrogen-bond acceptors (Lipinski definition) is 3. The first kappa shape index (κ1) is 18.6. The van der Waals surface area contributed by atoms with Crippen LogP contribution in [-0.4, -0.2) is 41.8 Å². The molecule has 1 saturated heterocycles. The summed E-state index contributed by atoms with van der Waals surface area (Å²) in [5, 5.41) is 3.80. The Morgan fingerprint density at radius 2 is 1.83 bits per heavy atom. The topological polar surface area (TPSA) is 41.6 Å². The van der Waals surface area contributed by atoms with E-state index in [-0.39, 0.29) is 6.09 Å². The average Bonchev–Trinajstić information content (AvgIpc) is 2.40. The molecule has 0 spiro atoms. The average molecular weight is 325 g/mol. The zero-order valence-electron chi connectivity index (χ0n) is 15.9. The Labute approximate surface area is 142 Å². The minimum Gasteiger partial charge on any atom is -0.444 e. The molecule has 2 rings (SSSR count). The zero-order chi connectivity index (χ0) is 17.2. The van der Waals surface area contributed by atoms with Crippen LogP contribution in [0.3, 0.4) is 0 Å². The molecule has 2 unspecified atom stereocenters. The Bertz CT molecular complexity index is 397. The van der Waals surface area contributed by atoms with Crippen LogP contribution in [0.15, 0.2) is 0 Å². The van der Waals surface area contributed by atoms with E-state index in [9.17, 15) is 4.79 Å². The highest BCUT2D eigenvalue weighted by Gasteiger charge is 2.35. The number of rotatable bonds is 4. The third kappa shape index (κ3) is 5.37. The molecule has 4 heteroatoms. The van der Waals surface area contributed by atoms with Crippen LogP contribution < -0.4 is 5.32 Å². The van der Waals surface area contributed by atoms with Gasteiger partial charge in [0.05, 0.1) is 0 Å². The fraction of sp³-hybridized carbons (Fsp3) is 0.947. The molecule has 2 aliphatic rings. The van der Waals surface area contributed by atoms with E-state index in [0.717, 1.165) is 31.3 Å². The number of carbonyl (C=O) groups excluding carboxylic acids is 1. The van der Waals surface area contributed by atoms with Crippen molar-refractivity contribution in [3.05, 3.63) is 0 Å². The second-order valence-electron chi connectivity index (χ2n) is 8.96. The lowest BCUT2D eigenvalue weighted by molar-refractivity contribution is 0.0138. The Hall–Kier alpha value is -0.770. The van der Waals surface area contributed by atoms with E-state index in [1.807, 2.05) is 25.7 Å². The summed E-state index contributed by atoms with van der Waals surface area (Å²) in [6, 6.07) is 1.15. The molecule has 1 amide bonds. The van der Waals surface area contributed by atoms with Gasteiger partial charge in [0.1, 0.15) is 5.60 Å². The van der Waals surface area contributed by atoms with E-state index < -0.39 is 5.60 Å². The quantitative estimate of drug-likeness (QED) is 0.848. The summed E-state index contributed by atoms with van der Waals surface area (Å²) in [5.74, 6) is 2.24. The molecule has 4 nitrogen and oxygen atoms in total. The van der Waals surface area contributed by atoms with Gasteiger partial charge in [-0.2, -0.15) is 0 Å². The van der Waals surface area contributed by atoms with E-state index in [1.54, 1.807) is 0 Å². The number of amides is 1. The number of nitrogens with one attached hydrogen (secondary N) is 1. The maximum absolute atomic E-state index is 12.3. The van der Waals surface area contributed by atoms with Crippen molar-refractivity contribution < 1.29 is 9.53 Å². The van der Waals surface area contributed by atoms with Gasteiger partial charge in [0.2, 0.25) is 0 Å². The van der Waals surface area contributed by atoms with Gasteiger partial charge in [-0.25, -0.2) is 4.79 Å². The van der Waals surface area contributed by atoms with E-state index in [0.29, 0.717) is 18.0 Å². The largest absolute Gasteiger partial charge is 0.444 e. The number of nitrogens with zero attached hydrogens (tertiary/aromatic N) is 1. The molecule has 0 aromatic rings. The van der Waals surface area contributed by atoms with Crippen LogP contribution in [0.2, 0.25) is 0 Å². The number of piperidine rings is 1. The van der Waals surface area contributed by atoms with E-state index in [1.165, 1.54) is 19.3 Å². The van der Waals surface area contributed by atoms with Crippen molar-refractivity contribution in [2.45, 2.75) is 84.9 Å². The maximum Gasteiger partial charge on any atom is 0.410 e. The van der Waals surface area contributed by atoms with Crippen LogP contribution in [0.25, 0.3) is 0 Å². The minimum atomic E-state index is -0.411. The zero-order valence-corrected chi connectivity index (χ0v) is 15.9. The summed E-state index contributed by atoms with van der Waals surface area (Å²) in [5.41, 5.74) is -0.411. The molecule has 1 heterocycles. The van der Waals surface area contributed by atoms with Gasteiger partial charge in [-0.3, -0.25) is 0 Å². The predicted octanol–water partition coefficient (Wildman–Crippen LogP) is 4.05. The number of carbonyl (C=O) groups is 1. The van der Waals surface area contributed by atoms with Crippen molar-refractivity contribution >= 4 is 6.09 Å². The van der Waals surface area contributed by atoms with Crippen LogP contribution in [0.5, 0.6) is 0 Å². The summed E-state index contributed by atoms with van der Waals surface area (Å²) in [6.07, 6.45) is 4.75. The van der Waals surface area contributed by atoms with Crippen LogP contribution >= 0.6 is 0 Å². The van der Waals surface area contributed by atoms with Gasteiger partial charge in [-0.15, -0.1) is 0 Å². The van der Waals surface area contributed by atoms with Gasteiger partial charge in [0.15, 0.2) is 0 Å². The Kier molecular flexibility index (Phi) is 5.99. The Balaban J connectivity index is 1.78. The standard InChI is InChI=1S/C19H36N2O2/c1-13(2)16-10-17(11-16)20-14(3)15-8-7-9-21(12-15)18(22)23-19(4,5)6/h13-17,20H,7-12H2,1-6H3. The molecule has 0 aromatic heterocycles. The van der Waals surface area contributed by atoms with Gasteiger partial charge < -0.3 is 15.0 Å². The van der Waals surface area contributed by atoms with Crippen LogP contribution in [0.1, 0.15) is 67.2 Å². The molecule has 2 atom stereocenters. The van der Waals surface area contributed by atoms with Crippen molar-refractivity contribution in [1.29, 1.82) is 0 Å². The second kappa shape index (κ2) is 7.42. The molecule has 23 heavy (non-hydrogen) atoms. The van der Waals surface area contributed by atoms with Crippen molar-refractivity contribution in [1.82, 2.24) is 10.2 Å². The third-order valence-corrected chi connectivity index (χ3v) is 5.43. The first-order valence-electron chi connectivity index (χ1n) is 9.39. The molecule has 134 valence electrons. The normalized spacial score (nSPS) is 30.0. The fourth-order valence-corrected chi connectivity index (χ4v) is 3.76. The van der Waals surface area contributed by atoms with Gasteiger partial charge >= 0.3 is 6.09 Å². The molecule has 1 aliphatic heterocycles. The summed E-state index contributed by atoms with van der Waals surface area (Å²) in [6.45, 7) is 14.4. The summed E-state index contributed by atoms with van der Waals surface area (Å²) < 4.78 is 5.53. The fourth-order valence-electron chi connectivity index (χ4n) is 3.76. The van der Waals surface area contributed by atoms with Gasteiger partial charge in [0, 0.05) is 25.2 Å². The first-order valence-corrected chi connectivity index (χ1v) is 9.39. The first-order chi connectivity index (χ1) is 10.7. The van der Waals surface area contributed by atoms with Crippen LogP contribution in [0.4, 0.5) is 4.79 Å². The molecule has 0 radical (unpaired) electrons. The molecule has 1 aliphatic carbocycles. The predicted molar refractivity (Wildman–Crippen MR) is 94.5 cm³/mol. The van der Waals surface area contributed by atoms with Gasteiger partial charge in [-0.05, 0) is 71.1 Å². The van der Waals surface area contributed by atoms with Crippen LogP contribution in [-0.2, 0) is 4.74 Å². The molecule has 1 N–H and O–H groups in total. The smallest absolute Gasteiger partial charge is 0.410 e. The lowest BCUT2D eigenvalue weighted by atomic mass is 9.73. The molecule has 0 bridgehead atoms. The number of hydrogen-bond donors (Lipinski definition) is 1. The highest BCUT2D eigenvalue weighted by Crippen LogP contribution is 2.34. The van der Waals surface area contributed by atoms with Crippen molar-refractivity contribution in [3.8, 4) is 0 Å². The molecule has 2 fully saturated rings. The van der Waals surface area contributed by atoms with Crippen molar-refractivity contribution in [3.63, 3.8) is 0 Å².